The number of phenolic OH excluding ortho intramolecular Hbond substituents is 2. The molecule has 2 amide bonds. The van der Waals surface area contributed by atoms with Gasteiger partial charge in [-0.15, -0.1) is 0 Å². The lowest BCUT2D eigenvalue weighted by Gasteiger charge is -2.20. The van der Waals surface area contributed by atoms with Crippen LogP contribution in [0.1, 0.15) is 27.7 Å². The van der Waals surface area contributed by atoms with Gasteiger partial charge in [0.15, 0.2) is 17.9 Å². The first-order valence-electron chi connectivity index (χ1n) is 11.6. The first-order chi connectivity index (χ1) is 19.1. The average molecular weight is 549 g/mol. The van der Waals surface area contributed by atoms with Crippen molar-refractivity contribution in [2.24, 2.45) is 0 Å². The zero-order valence-electron chi connectivity index (χ0n) is 21.1. The quantitative estimate of drug-likeness (QED) is 0.192. The van der Waals surface area contributed by atoms with Crippen molar-refractivity contribution in [1.29, 1.82) is 0 Å². The summed E-state index contributed by atoms with van der Waals surface area (Å²) < 4.78 is 15.8. The van der Waals surface area contributed by atoms with Crippen molar-refractivity contribution >= 4 is 34.4 Å². The number of nitrogens with zero attached hydrogens (tertiary/aromatic N) is 1. The Morgan fingerprint density at radius 1 is 1.07 bits per heavy atom. The molecule has 13 nitrogen and oxygen atoms in total. The van der Waals surface area contributed by atoms with E-state index in [0.29, 0.717) is 5.75 Å². The maximum Gasteiger partial charge on any atom is 0.341 e. The van der Waals surface area contributed by atoms with Crippen LogP contribution in [0.15, 0.2) is 64.1 Å². The molecule has 0 saturated carbocycles. The largest absolute Gasteiger partial charge is 0.504 e. The van der Waals surface area contributed by atoms with Gasteiger partial charge in [0.1, 0.15) is 34.6 Å². The average Bonchev–Trinajstić information content (AvgIpc) is 2.93. The molecule has 4 rings (SSSR count). The predicted molar refractivity (Wildman–Crippen MR) is 140 cm³/mol. The van der Waals surface area contributed by atoms with Crippen molar-refractivity contribution < 1.29 is 43.6 Å². The lowest BCUT2D eigenvalue weighted by Crippen LogP contribution is -2.39. The molecule has 0 saturated heterocycles. The third-order valence-electron chi connectivity index (χ3n) is 5.79. The van der Waals surface area contributed by atoms with E-state index in [1.807, 2.05) is 0 Å². The second kappa shape index (κ2) is 11.4. The molecule has 0 bridgehead atoms. The van der Waals surface area contributed by atoms with Crippen LogP contribution in [0, 0.1) is 6.92 Å². The minimum Gasteiger partial charge on any atom is -0.504 e. The summed E-state index contributed by atoms with van der Waals surface area (Å²) in [7, 11) is 1.40. The smallest absolute Gasteiger partial charge is 0.341 e. The van der Waals surface area contributed by atoms with E-state index in [0.717, 1.165) is 6.07 Å². The molecule has 2 heterocycles. The van der Waals surface area contributed by atoms with Crippen LogP contribution in [0.5, 0.6) is 23.0 Å². The molecule has 2 aromatic heterocycles. The number of aliphatic carboxylic acids is 1. The van der Waals surface area contributed by atoms with Gasteiger partial charge in [0.05, 0.1) is 18.7 Å². The SMILES string of the molecule is COc1ccncc1NC(=O)C(NC(=O)c1c(C)oc2c(O)c(O)ccc2c1=O)c1ccc(OCC(=O)O)cc1. The Hall–Kier alpha value is -5.59. The van der Waals surface area contributed by atoms with E-state index < -0.39 is 52.9 Å². The number of benzene rings is 2. The molecule has 0 aliphatic carbocycles. The molecule has 40 heavy (non-hydrogen) atoms. The Kier molecular flexibility index (Phi) is 7.84. The van der Waals surface area contributed by atoms with Crippen molar-refractivity contribution in [2.75, 3.05) is 19.0 Å². The van der Waals surface area contributed by atoms with Gasteiger partial charge in [-0.2, -0.15) is 0 Å². The lowest BCUT2D eigenvalue weighted by atomic mass is 10.0. The van der Waals surface area contributed by atoms with Crippen LogP contribution in [0.25, 0.3) is 11.0 Å². The molecule has 0 aliphatic heterocycles. The van der Waals surface area contributed by atoms with Gasteiger partial charge < -0.3 is 39.8 Å². The van der Waals surface area contributed by atoms with Gasteiger partial charge in [-0.25, -0.2) is 4.79 Å². The zero-order valence-corrected chi connectivity index (χ0v) is 21.1. The van der Waals surface area contributed by atoms with Gasteiger partial charge in [0.25, 0.3) is 11.8 Å². The number of carbonyl (C=O) groups is 3. The number of hydrogen-bond donors (Lipinski definition) is 5. The fourth-order valence-electron chi connectivity index (χ4n) is 3.87. The van der Waals surface area contributed by atoms with Crippen LogP contribution < -0.4 is 25.5 Å². The number of ether oxygens (including phenoxy) is 2. The van der Waals surface area contributed by atoms with Gasteiger partial charge in [-0.3, -0.25) is 19.4 Å². The van der Waals surface area contributed by atoms with E-state index in [1.165, 1.54) is 62.8 Å². The number of carboxylic acid groups (broad SMARTS) is 1. The van der Waals surface area contributed by atoms with E-state index in [2.05, 4.69) is 15.6 Å². The van der Waals surface area contributed by atoms with Gasteiger partial charge in [0, 0.05) is 12.3 Å². The molecule has 0 radical (unpaired) electrons. The van der Waals surface area contributed by atoms with Crippen LogP contribution in [-0.4, -0.2) is 51.8 Å². The number of hydrogen-bond acceptors (Lipinski definition) is 10. The number of rotatable bonds is 9. The number of phenols is 2. The molecule has 0 spiro atoms. The van der Waals surface area contributed by atoms with Gasteiger partial charge in [-0.1, -0.05) is 12.1 Å². The lowest BCUT2D eigenvalue weighted by molar-refractivity contribution is -0.139. The number of fused-ring (bicyclic) bond motifs is 1. The normalized spacial score (nSPS) is 11.4. The highest BCUT2D eigenvalue weighted by atomic mass is 16.5. The number of amides is 2. The third-order valence-corrected chi connectivity index (χ3v) is 5.79. The van der Waals surface area contributed by atoms with Crippen LogP contribution in [0.4, 0.5) is 5.69 Å². The fraction of sp³-hybridized carbons (Fsp3) is 0.148. The molecule has 206 valence electrons. The molecular weight excluding hydrogens is 526 g/mol. The number of aryl methyl sites for hydroxylation is 1. The summed E-state index contributed by atoms with van der Waals surface area (Å²) in [5, 5.41) is 33.6. The fourth-order valence-corrected chi connectivity index (χ4v) is 3.87. The number of aromatic hydroxyl groups is 2. The maximum absolute atomic E-state index is 13.4. The third kappa shape index (κ3) is 5.62. The van der Waals surface area contributed by atoms with E-state index >= 15 is 0 Å². The van der Waals surface area contributed by atoms with Crippen LogP contribution in [0.3, 0.4) is 0 Å². The van der Waals surface area contributed by atoms with E-state index in [4.69, 9.17) is 19.0 Å². The van der Waals surface area contributed by atoms with Crippen LogP contribution in [-0.2, 0) is 9.59 Å². The van der Waals surface area contributed by atoms with Crippen molar-refractivity contribution in [3.8, 4) is 23.0 Å². The molecule has 1 atom stereocenters. The van der Waals surface area contributed by atoms with Gasteiger partial charge in [0.2, 0.25) is 11.2 Å². The van der Waals surface area contributed by atoms with E-state index in [1.54, 1.807) is 0 Å². The molecule has 4 aromatic rings. The van der Waals surface area contributed by atoms with Gasteiger partial charge >= 0.3 is 5.97 Å². The summed E-state index contributed by atoms with van der Waals surface area (Å²) in [6, 6.07) is 8.15. The Labute approximate surface area is 225 Å². The molecule has 2 aromatic carbocycles. The zero-order chi connectivity index (χ0) is 29.0. The summed E-state index contributed by atoms with van der Waals surface area (Å²) in [5.41, 5.74) is -1.03. The number of carboxylic acids is 1. The second-order valence-corrected chi connectivity index (χ2v) is 8.40. The van der Waals surface area contributed by atoms with Crippen LogP contribution in [0.2, 0.25) is 0 Å². The first-order valence-corrected chi connectivity index (χ1v) is 11.6. The van der Waals surface area contributed by atoms with E-state index in [-0.39, 0.29) is 33.7 Å². The topological polar surface area (TPSA) is 198 Å². The molecule has 1 unspecified atom stereocenters. The number of carbonyl (C=O) groups excluding carboxylic acids is 2. The number of methoxy groups -OCH3 is 1. The van der Waals surface area contributed by atoms with Crippen molar-refractivity contribution in [3.05, 3.63) is 82.0 Å². The number of anilines is 1. The summed E-state index contributed by atoms with van der Waals surface area (Å²) in [6.45, 7) is 0.745. The summed E-state index contributed by atoms with van der Waals surface area (Å²) in [6.07, 6.45) is 2.81. The monoisotopic (exact) mass is 549 g/mol. The molecule has 0 aliphatic rings. The van der Waals surface area contributed by atoms with Crippen LogP contribution >= 0.6 is 0 Å². The minimum atomic E-state index is -1.37. The minimum absolute atomic E-state index is 0.160. The Bertz CT molecular complexity index is 1660. The summed E-state index contributed by atoms with van der Waals surface area (Å²) in [5.74, 6) is -3.66. The number of nitrogens with one attached hydrogen (secondary N) is 2. The van der Waals surface area contributed by atoms with Crippen molar-refractivity contribution in [3.63, 3.8) is 0 Å². The Morgan fingerprint density at radius 2 is 1.80 bits per heavy atom. The number of aromatic nitrogens is 1. The molecule has 0 fully saturated rings. The molecular formula is C27H23N3O10. The first kappa shape index (κ1) is 27.4. The predicted octanol–water partition coefficient (Wildman–Crippen LogP) is 2.49. The summed E-state index contributed by atoms with van der Waals surface area (Å²) in [4.78, 5) is 54.8. The van der Waals surface area contributed by atoms with Gasteiger partial charge in [-0.05, 0) is 36.8 Å². The second-order valence-electron chi connectivity index (χ2n) is 8.40. The summed E-state index contributed by atoms with van der Waals surface area (Å²) >= 11 is 0. The Morgan fingerprint density at radius 3 is 2.48 bits per heavy atom. The standard InChI is InChI=1S/C27H23N3O10/c1-13-21(23(34)16-7-8-18(31)24(35)25(16)40-13)26(36)30-22(14-3-5-15(6-4-14)39-12-20(32)33)27(37)29-17-11-28-10-9-19(17)38-2/h3-11,22,31,35H,12H2,1-2H3,(H,29,37)(H,30,36)(H,32,33). The van der Waals surface area contributed by atoms with Crippen molar-refractivity contribution in [1.82, 2.24) is 10.3 Å². The maximum atomic E-state index is 13.4. The molecule has 13 heteroatoms. The van der Waals surface area contributed by atoms with Crippen molar-refractivity contribution in [2.45, 2.75) is 13.0 Å². The highest BCUT2D eigenvalue weighted by molar-refractivity contribution is 6.03. The Balaban J connectivity index is 1.71. The highest BCUT2D eigenvalue weighted by Gasteiger charge is 2.28. The number of pyridine rings is 1. The van der Waals surface area contributed by atoms with E-state index in [9.17, 15) is 29.4 Å². The molecule has 5 N–H and O–H groups in total. The highest BCUT2D eigenvalue weighted by Crippen LogP contribution is 2.33.